The van der Waals surface area contributed by atoms with Crippen molar-refractivity contribution in [3.63, 3.8) is 0 Å². The summed E-state index contributed by atoms with van der Waals surface area (Å²) in [4.78, 5) is 9.49. The number of hydrogen-bond donors (Lipinski definition) is 9. The Kier molecular flexibility index (Phi) is 36.0. The number of hydrogen-bond acceptors (Lipinski definition) is 27. The number of allylic oxidation sites excluding steroid dienone is 1. The fourth-order valence-electron chi connectivity index (χ4n) is 2.77. The summed E-state index contributed by atoms with van der Waals surface area (Å²) in [6.07, 6.45) is 4.30. The largest absolute Gasteiger partial charge is 0.380 e. The fourth-order valence-corrected chi connectivity index (χ4v) is 23.6. The molecule has 6 nitrogen and oxygen atoms in total. The normalized spacial score (nSPS) is 16.6. The molecule has 0 aliphatic carbocycles. The van der Waals surface area contributed by atoms with Gasteiger partial charge in [-0.15, -0.1) is 68.9 Å². The van der Waals surface area contributed by atoms with E-state index >= 15 is 0 Å². The van der Waals surface area contributed by atoms with E-state index in [4.69, 9.17) is 78.0 Å². The molecule has 312 valence electrons. The van der Waals surface area contributed by atoms with Crippen LogP contribution in [0.4, 0.5) is 0 Å². The zero-order chi connectivity index (χ0) is 41.5. The summed E-state index contributed by atoms with van der Waals surface area (Å²) in [6.45, 7) is 7.30. The average Bonchev–Trinajstić information content (AvgIpc) is 3.88. The van der Waals surface area contributed by atoms with Crippen LogP contribution in [0.1, 0.15) is 13.8 Å². The van der Waals surface area contributed by atoms with Crippen LogP contribution >= 0.6 is 287 Å². The number of nitrogens with zero attached hydrogens (tertiary/aromatic N) is 2. The topological polar surface area (TPSA) is 63.1 Å². The maximum atomic E-state index is 5.19. The van der Waals surface area contributed by atoms with E-state index in [2.05, 4.69) is 118 Å². The number of ether oxygens (including phenoxy) is 1. The summed E-state index contributed by atoms with van der Waals surface area (Å²) < 4.78 is 19.2. The molecule has 0 saturated carbocycles. The van der Waals surface area contributed by atoms with E-state index in [1.807, 2.05) is 92.2 Å². The molecule has 3 aromatic rings. The average molecular weight is 1190 g/mol. The number of aromatic amines is 3. The highest BCUT2D eigenvalue weighted by Crippen LogP contribution is 2.57. The number of thiocarbonyl (C=S) groups is 1. The second-order valence-corrected chi connectivity index (χ2v) is 32.0. The van der Waals surface area contributed by atoms with E-state index in [1.54, 1.807) is 50.9 Å². The van der Waals surface area contributed by atoms with Crippen molar-refractivity contribution < 1.29 is 4.74 Å². The Morgan fingerprint density at radius 2 is 1.04 bits per heavy atom. The second-order valence-electron chi connectivity index (χ2n) is 9.25. The molecule has 6 heterocycles. The van der Waals surface area contributed by atoms with E-state index in [1.165, 1.54) is 34.9 Å². The molecule has 2 atom stereocenters. The molecule has 6 rings (SSSR count). The predicted molar refractivity (Wildman–Crippen MR) is 305 cm³/mol. The molecule has 2 unspecified atom stereocenters. The first-order chi connectivity index (χ1) is 26.0. The molecule has 1 fully saturated rings. The number of thioether (sulfide) groups is 4. The van der Waals surface area contributed by atoms with E-state index < -0.39 is 0 Å². The summed E-state index contributed by atoms with van der Waals surface area (Å²) in [5, 5.41) is 0. The molecule has 0 spiro atoms. The Morgan fingerprint density at radius 1 is 0.673 bits per heavy atom. The van der Waals surface area contributed by atoms with Crippen molar-refractivity contribution in [2.24, 2.45) is 0 Å². The highest BCUT2D eigenvalue weighted by molar-refractivity contribution is 8.78. The lowest BCUT2D eigenvalue weighted by molar-refractivity contribution is 0.167. The molecule has 3 N–H and O–H groups in total. The van der Waals surface area contributed by atoms with Crippen LogP contribution in [0.5, 0.6) is 0 Å². The molecule has 3 aromatic heterocycles. The van der Waals surface area contributed by atoms with Gasteiger partial charge in [-0.25, -0.2) is 0 Å². The van der Waals surface area contributed by atoms with Crippen molar-refractivity contribution in [2.75, 3.05) is 56.1 Å². The predicted octanol–water partition coefficient (Wildman–Crippen LogP) is 15.5. The molecule has 1 saturated heterocycles. The monoisotopic (exact) mass is 1190 g/mol. The number of fused-ring (bicyclic) bond motifs is 2. The van der Waals surface area contributed by atoms with Crippen molar-refractivity contribution >= 4 is 291 Å². The van der Waals surface area contributed by atoms with Crippen LogP contribution in [0.25, 0.3) is 0 Å². The van der Waals surface area contributed by atoms with Crippen molar-refractivity contribution in [1.82, 2.24) is 22.4 Å². The number of rotatable bonds is 9. The van der Waals surface area contributed by atoms with Crippen LogP contribution in [0.3, 0.4) is 0 Å². The van der Waals surface area contributed by atoms with Crippen LogP contribution < -0.4 is 0 Å². The molecule has 3 aliphatic rings. The first kappa shape index (κ1) is 57.8. The zero-order valence-electron chi connectivity index (χ0n) is 28.9. The van der Waals surface area contributed by atoms with Gasteiger partial charge in [0.05, 0.1) is 39.2 Å². The fraction of sp³-hybridized carbons (Fsp3) is 0.520. The summed E-state index contributed by atoms with van der Waals surface area (Å²) in [6, 6.07) is 0. The van der Waals surface area contributed by atoms with Crippen molar-refractivity contribution in [3.05, 3.63) is 31.1 Å². The van der Waals surface area contributed by atoms with Gasteiger partial charge >= 0.3 is 0 Å². The lowest BCUT2D eigenvalue weighted by atomic mass is 10.3. The molecule has 0 radical (unpaired) electrons. The summed E-state index contributed by atoms with van der Waals surface area (Å²) in [5.41, 5.74) is 1.55. The zero-order valence-corrected chi connectivity index (χ0v) is 49.0. The maximum absolute atomic E-state index is 5.19. The van der Waals surface area contributed by atoms with E-state index in [-0.39, 0.29) is 0 Å². The number of nitrogens with one attached hydrogen (secondary N) is 3. The number of aromatic nitrogens is 3. The minimum atomic E-state index is 0.448. The van der Waals surface area contributed by atoms with Crippen LogP contribution in [0, 0.1) is 20.6 Å². The van der Waals surface area contributed by atoms with Crippen LogP contribution in [0.15, 0.2) is 27.3 Å². The Labute approximate surface area is 438 Å². The van der Waals surface area contributed by atoms with Gasteiger partial charge in [-0.3, -0.25) is 0 Å². The van der Waals surface area contributed by atoms with Gasteiger partial charge in [0, 0.05) is 30.3 Å². The van der Waals surface area contributed by atoms with E-state index in [0.717, 1.165) is 47.6 Å². The lowest BCUT2D eigenvalue weighted by Crippen LogP contribution is -2.12. The third-order valence-electron chi connectivity index (χ3n) is 5.23. The Bertz CT molecular complexity index is 1650. The SMILES string of the molecule is CC1=C(C)SSC1.CSC1SC(=S)SC1SC.S=c1[nH]c(=S)[nH]c(=S)[nH]1.S=c1sc2c(s1)Sc1sc(=S)sc1S2.SCCOCCS.SN(S)CCN(S)S. The van der Waals surface area contributed by atoms with Gasteiger partial charge in [0.25, 0.3) is 0 Å². The van der Waals surface area contributed by atoms with E-state index in [9.17, 15) is 0 Å². The molecular formula is C25H37N5OS24. The first-order valence-electron chi connectivity index (χ1n) is 14.6. The molecule has 30 heteroatoms. The Balaban J connectivity index is 0.000000338. The quantitative estimate of drug-likeness (QED) is 0.0346. The Hall–Kier alpha value is 4.82. The molecule has 0 aromatic carbocycles. The third-order valence-corrected chi connectivity index (χ3v) is 25.0. The Morgan fingerprint density at radius 3 is 1.27 bits per heavy atom. The molecule has 3 aliphatic heterocycles. The smallest absolute Gasteiger partial charge is 0.178 e. The van der Waals surface area contributed by atoms with Gasteiger partial charge in [-0.1, -0.05) is 162 Å². The third kappa shape index (κ3) is 27.0. The maximum Gasteiger partial charge on any atom is 0.178 e. The standard InChI is InChI=1S/C6S8.C5H8S5.C5H8S2.C4H10OS2.C3H3N3S3.C2H8N2S4/c7-5-11-1-2(12-5)10-4-3(9-1)13-6(8)14-4;1-7-3-4(8-2)10-5(6)9-3;1-4-3-6-7-5(4)2;6-3-1-5-2-4-7;7-1-4-2(8)6-3(9)5-1;5-3(6)1-2-4(7)8/h;3-4H,1-2H3;3H2,1-2H3;6-7H,1-4H2;(H3,4,5,6,7,8,9);5-8H,1-2H2. The van der Waals surface area contributed by atoms with Crippen LogP contribution in [-0.4, -0.2) is 91.1 Å². The van der Waals surface area contributed by atoms with Gasteiger partial charge in [0.2, 0.25) is 0 Å². The number of H-pyrrole nitrogens is 3. The minimum absolute atomic E-state index is 0.448. The van der Waals surface area contributed by atoms with Crippen molar-refractivity contribution in [2.45, 2.75) is 39.8 Å². The van der Waals surface area contributed by atoms with Gasteiger partial charge in [-0.05, 0) is 67.9 Å². The van der Waals surface area contributed by atoms with E-state index in [0.29, 0.717) is 23.5 Å². The first-order valence-corrected chi connectivity index (χ1v) is 31.4. The van der Waals surface area contributed by atoms with Crippen LogP contribution in [-0.2, 0) is 4.74 Å². The van der Waals surface area contributed by atoms with Gasteiger partial charge in [-0.2, -0.15) is 32.7 Å². The molecule has 55 heavy (non-hydrogen) atoms. The van der Waals surface area contributed by atoms with Crippen LogP contribution in [0.2, 0.25) is 0 Å². The number of thiol groups is 6. The lowest BCUT2D eigenvalue weighted by Gasteiger charge is -2.10. The second kappa shape index (κ2) is 34.2. The summed E-state index contributed by atoms with van der Waals surface area (Å²) in [5.74, 6) is 2.83. The van der Waals surface area contributed by atoms with Gasteiger partial charge in [0.1, 0.15) is 9.80 Å². The molecule has 0 amide bonds. The van der Waals surface area contributed by atoms with Gasteiger partial charge in [0.15, 0.2) is 14.3 Å². The molecular weight excluding hydrogens is 1160 g/mol. The summed E-state index contributed by atoms with van der Waals surface area (Å²) in [7, 11) is 3.83. The summed E-state index contributed by atoms with van der Waals surface area (Å²) >= 11 is 71.0. The molecule has 0 bridgehead atoms. The highest BCUT2D eigenvalue weighted by Gasteiger charge is 2.30. The van der Waals surface area contributed by atoms with Crippen molar-refractivity contribution in [3.8, 4) is 0 Å². The minimum Gasteiger partial charge on any atom is -0.380 e. The van der Waals surface area contributed by atoms with Gasteiger partial charge < -0.3 is 19.7 Å². The highest BCUT2D eigenvalue weighted by atomic mass is 33.1. The van der Waals surface area contributed by atoms with Crippen molar-refractivity contribution in [1.29, 1.82) is 0 Å².